The first-order valence-electron chi connectivity index (χ1n) is 5.68. The van der Waals surface area contributed by atoms with E-state index in [0.29, 0.717) is 12.3 Å². The third-order valence-electron chi connectivity index (χ3n) is 2.47. The van der Waals surface area contributed by atoms with Crippen molar-refractivity contribution in [2.75, 3.05) is 6.54 Å². The molecule has 0 saturated heterocycles. The van der Waals surface area contributed by atoms with Gasteiger partial charge in [0.25, 0.3) is 0 Å². The smallest absolute Gasteiger partial charge is 0.303 e. The molecule has 0 radical (unpaired) electrons. The van der Waals surface area contributed by atoms with Crippen LogP contribution in [0.4, 0.5) is 0 Å². The summed E-state index contributed by atoms with van der Waals surface area (Å²) in [6.07, 6.45) is 7.56. The van der Waals surface area contributed by atoms with Gasteiger partial charge in [0.15, 0.2) is 0 Å². The predicted molar refractivity (Wildman–Crippen MR) is 56.9 cm³/mol. The number of carboxylic acids is 1. The molecule has 0 fully saturated rings. The van der Waals surface area contributed by atoms with Crippen molar-refractivity contribution < 1.29 is 15.6 Å². The van der Waals surface area contributed by atoms with Crippen LogP contribution in [0.5, 0.6) is 0 Å². The number of carbonyl (C=O) groups is 1. The molecule has 14 heavy (non-hydrogen) atoms. The Kier molecular flexibility index (Phi) is 8.64. The van der Waals surface area contributed by atoms with Crippen LogP contribution in [0.25, 0.3) is 0 Å². The van der Waals surface area contributed by atoms with E-state index in [4.69, 9.17) is 5.11 Å². The molecule has 3 nitrogen and oxygen atoms in total. The lowest BCUT2D eigenvalue weighted by Crippen LogP contribution is -2.50. The van der Waals surface area contributed by atoms with E-state index in [1.807, 2.05) is 6.92 Å². The van der Waals surface area contributed by atoms with Crippen LogP contribution in [0.15, 0.2) is 0 Å². The molecule has 0 aliphatic rings. The lowest BCUT2D eigenvalue weighted by atomic mass is 9.99. The van der Waals surface area contributed by atoms with E-state index in [-0.39, 0.29) is 0 Å². The van der Waals surface area contributed by atoms with Crippen molar-refractivity contribution in [3.8, 4) is 0 Å². The second-order valence-electron chi connectivity index (χ2n) is 4.11. The van der Waals surface area contributed by atoms with E-state index in [1.54, 1.807) is 0 Å². The molecule has 0 spiro atoms. The Hall–Kier alpha value is -0.570. The van der Waals surface area contributed by atoms with E-state index in [9.17, 15) is 4.79 Å². The highest BCUT2D eigenvalue weighted by molar-refractivity contribution is 5.66. The fourth-order valence-electron chi connectivity index (χ4n) is 1.60. The predicted octanol–water partition coefficient (Wildman–Crippen LogP) is 1.68. The number of aliphatic carboxylic acids is 1. The monoisotopic (exact) mass is 202 g/mol. The van der Waals surface area contributed by atoms with Crippen molar-refractivity contribution in [3.05, 3.63) is 0 Å². The van der Waals surface area contributed by atoms with Crippen LogP contribution in [-0.4, -0.2) is 17.6 Å². The summed E-state index contributed by atoms with van der Waals surface area (Å²) in [5.74, 6) is -0.338. The summed E-state index contributed by atoms with van der Waals surface area (Å²) in [5.41, 5.74) is 3.80. The number of hydrogen-bond donors (Lipinski definition) is 2. The molecular formula is C11H24NO2+. The van der Waals surface area contributed by atoms with Crippen LogP contribution in [-0.2, 0) is 4.79 Å². The molecule has 0 bridgehead atoms. The Morgan fingerprint density at radius 1 is 1.21 bits per heavy atom. The summed E-state index contributed by atoms with van der Waals surface area (Å²) in [5, 5.41) is 8.55. The molecular weight excluding hydrogens is 178 g/mol. The van der Waals surface area contributed by atoms with Gasteiger partial charge in [-0.05, 0) is 18.8 Å². The number of unbranched alkanes of at least 4 members (excludes halogenated alkanes) is 4. The van der Waals surface area contributed by atoms with Crippen LogP contribution in [0, 0.1) is 5.92 Å². The molecule has 0 amide bonds. The summed E-state index contributed by atoms with van der Waals surface area (Å²) >= 11 is 0. The first kappa shape index (κ1) is 13.4. The fraction of sp³-hybridized carbons (Fsp3) is 0.909. The largest absolute Gasteiger partial charge is 0.481 e. The maximum atomic E-state index is 10.4. The summed E-state index contributed by atoms with van der Waals surface area (Å²) in [7, 11) is 0. The van der Waals surface area contributed by atoms with Crippen LogP contribution in [0.3, 0.4) is 0 Å². The Labute approximate surface area is 86.7 Å². The van der Waals surface area contributed by atoms with Crippen LogP contribution < -0.4 is 5.73 Å². The average molecular weight is 202 g/mol. The number of quaternary nitrogens is 1. The lowest BCUT2D eigenvalue weighted by Gasteiger charge is -2.07. The maximum absolute atomic E-state index is 10.4. The molecule has 0 aromatic carbocycles. The van der Waals surface area contributed by atoms with Crippen LogP contribution >= 0.6 is 0 Å². The second-order valence-corrected chi connectivity index (χ2v) is 4.11. The van der Waals surface area contributed by atoms with E-state index in [1.165, 1.54) is 32.1 Å². The molecule has 4 N–H and O–H groups in total. The van der Waals surface area contributed by atoms with E-state index < -0.39 is 5.97 Å². The van der Waals surface area contributed by atoms with Crippen molar-refractivity contribution in [2.45, 2.75) is 51.9 Å². The normalized spacial score (nSPS) is 12.7. The van der Waals surface area contributed by atoms with Gasteiger partial charge in [0, 0.05) is 6.42 Å². The van der Waals surface area contributed by atoms with E-state index in [2.05, 4.69) is 5.73 Å². The lowest BCUT2D eigenvalue weighted by molar-refractivity contribution is -0.368. The minimum atomic E-state index is -0.672. The Bertz CT molecular complexity index is 148. The van der Waals surface area contributed by atoms with Crippen molar-refractivity contribution in [3.63, 3.8) is 0 Å². The molecule has 0 aromatic heterocycles. The molecule has 0 aromatic rings. The van der Waals surface area contributed by atoms with Gasteiger partial charge in [-0.1, -0.05) is 32.6 Å². The SMILES string of the molecule is CC(CCCCCCC[NH3+])CC(=O)O. The van der Waals surface area contributed by atoms with Gasteiger partial charge in [0.1, 0.15) is 0 Å². The third kappa shape index (κ3) is 9.52. The minimum absolute atomic E-state index is 0.318. The quantitative estimate of drug-likeness (QED) is 0.559. The summed E-state index contributed by atoms with van der Waals surface area (Å²) in [6.45, 7) is 3.06. The molecule has 3 heteroatoms. The minimum Gasteiger partial charge on any atom is -0.481 e. The number of carboxylic acid groups (broad SMARTS) is 1. The first-order chi connectivity index (χ1) is 6.66. The first-order valence-corrected chi connectivity index (χ1v) is 5.68. The highest BCUT2D eigenvalue weighted by Gasteiger charge is 2.06. The van der Waals surface area contributed by atoms with Crippen LogP contribution in [0.2, 0.25) is 0 Å². The summed E-state index contributed by atoms with van der Waals surface area (Å²) in [4.78, 5) is 10.4. The second kappa shape index (κ2) is 9.00. The Balaban J connectivity index is 3.14. The van der Waals surface area contributed by atoms with Crippen LogP contribution in [0.1, 0.15) is 51.9 Å². The van der Waals surface area contributed by atoms with Gasteiger partial charge in [0.05, 0.1) is 6.54 Å². The fourth-order valence-corrected chi connectivity index (χ4v) is 1.60. The highest BCUT2D eigenvalue weighted by atomic mass is 16.4. The molecule has 0 saturated carbocycles. The van der Waals surface area contributed by atoms with Gasteiger partial charge in [0.2, 0.25) is 0 Å². The molecule has 0 heterocycles. The van der Waals surface area contributed by atoms with E-state index in [0.717, 1.165) is 13.0 Å². The van der Waals surface area contributed by atoms with Gasteiger partial charge in [-0.25, -0.2) is 0 Å². The van der Waals surface area contributed by atoms with Crippen molar-refractivity contribution >= 4 is 5.97 Å². The Morgan fingerprint density at radius 3 is 2.36 bits per heavy atom. The Morgan fingerprint density at radius 2 is 1.79 bits per heavy atom. The maximum Gasteiger partial charge on any atom is 0.303 e. The van der Waals surface area contributed by atoms with Gasteiger partial charge < -0.3 is 10.8 Å². The zero-order valence-corrected chi connectivity index (χ0v) is 9.30. The zero-order chi connectivity index (χ0) is 10.8. The molecule has 84 valence electrons. The molecule has 0 aliphatic heterocycles. The molecule has 1 atom stereocenters. The van der Waals surface area contributed by atoms with E-state index >= 15 is 0 Å². The standard InChI is InChI=1S/C11H23NO2/c1-10(9-11(13)14)7-5-3-2-4-6-8-12/h10H,2-9,12H2,1H3,(H,13,14)/p+1. The summed E-state index contributed by atoms with van der Waals surface area (Å²) in [6, 6.07) is 0. The van der Waals surface area contributed by atoms with Crippen molar-refractivity contribution in [2.24, 2.45) is 5.92 Å². The van der Waals surface area contributed by atoms with Gasteiger partial charge in [-0.3, -0.25) is 4.79 Å². The molecule has 0 rings (SSSR count). The topological polar surface area (TPSA) is 64.9 Å². The molecule has 0 aliphatic carbocycles. The number of hydrogen-bond acceptors (Lipinski definition) is 1. The zero-order valence-electron chi connectivity index (χ0n) is 9.30. The molecule has 1 unspecified atom stereocenters. The van der Waals surface area contributed by atoms with Gasteiger partial charge in [-0.15, -0.1) is 0 Å². The van der Waals surface area contributed by atoms with Crippen molar-refractivity contribution in [1.82, 2.24) is 0 Å². The third-order valence-corrected chi connectivity index (χ3v) is 2.47. The van der Waals surface area contributed by atoms with Gasteiger partial charge >= 0.3 is 5.97 Å². The van der Waals surface area contributed by atoms with Crippen molar-refractivity contribution in [1.29, 1.82) is 0 Å². The average Bonchev–Trinajstić information content (AvgIpc) is 2.10. The van der Waals surface area contributed by atoms with Gasteiger partial charge in [-0.2, -0.15) is 0 Å². The summed E-state index contributed by atoms with van der Waals surface area (Å²) < 4.78 is 0. The highest BCUT2D eigenvalue weighted by Crippen LogP contribution is 2.13. The number of rotatable bonds is 9.